The van der Waals surface area contributed by atoms with E-state index < -0.39 is 0 Å². The van der Waals surface area contributed by atoms with Gasteiger partial charge in [0.15, 0.2) is 0 Å². The number of piperazine rings is 1. The molecule has 2 amide bonds. The molecule has 31 heavy (non-hydrogen) atoms. The van der Waals surface area contributed by atoms with Crippen molar-refractivity contribution in [1.29, 1.82) is 5.26 Å². The Morgan fingerprint density at radius 3 is 2.39 bits per heavy atom. The summed E-state index contributed by atoms with van der Waals surface area (Å²) in [5, 5.41) is 12.5. The summed E-state index contributed by atoms with van der Waals surface area (Å²) in [5.74, 6) is -0.250. The van der Waals surface area contributed by atoms with Gasteiger partial charge in [0.25, 0.3) is 0 Å². The highest BCUT2D eigenvalue weighted by molar-refractivity contribution is 5.93. The number of nitrogens with zero attached hydrogens (tertiary/aromatic N) is 4. The third-order valence-electron chi connectivity index (χ3n) is 5.43. The van der Waals surface area contributed by atoms with E-state index in [1.165, 1.54) is 12.1 Å². The first-order chi connectivity index (χ1) is 14.8. The Morgan fingerprint density at radius 2 is 1.81 bits per heavy atom. The Kier molecular flexibility index (Phi) is 6.92. The van der Waals surface area contributed by atoms with Crippen molar-refractivity contribution >= 4 is 17.8 Å². The summed E-state index contributed by atoms with van der Waals surface area (Å²) in [5.41, 5.74) is 2.58. The standard InChI is InChI=1S/C22H26FN5O3/c1-4-31-22(30)27-11-9-26(10-12-27)14-20(29)25-21-19(13-24)15(2)16(3)28(21)18-7-5-17(23)6-8-18/h5-8H,4,9-12,14H2,1-3H3,(H,25,29). The fourth-order valence-electron chi connectivity index (χ4n) is 3.65. The van der Waals surface area contributed by atoms with Crippen molar-refractivity contribution in [3.8, 4) is 11.8 Å². The lowest BCUT2D eigenvalue weighted by atomic mass is 10.2. The van der Waals surface area contributed by atoms with Crippen molar-refractivity contribution in [2.24, 2.45) is 0 Å². The van der Waals surface area contributed by atoms with Crippen LogP contribution in [0.2, 0.25) is 0 Å². The minimum absolute atomic E-state index is 0.133. The van der Waals surface area contributed by atoms with Crippen LogP contribution in [0.15, 0.2) is 24.3 Å². The minimum Gasteiger partial charge on any atom is -0.450 e. The summed E-state index contributed by atoms with van der Waals surface area (Å²) < 4.78 is 20.1. The Morgan fingerprint density at radius 1 is 1.16 bits per heavy atom. The average Bonchev–Trinajstić information content (AvgIpc) is 2.98. The molecule has 2 heterocycles. The summed E-state index contributed by atoms with van der Waals surface area (Å²) in [6, 6.07) is 8.05. The number of hydrogen-bond acceptors (Lipinski definition) is 5. The first-order valence-corrected chi connectivity index (χ1v) is 10.2. The van der Waals surface area contributed by atoms with Crippen LogP contribution >= 0.6 is 0 Å². The molecule has 1 fully saturated rings. The van der Waals surface area contributed by atoms with Crippen molar-refractivity contribution in [2.75, 3.05) is 44.6 Å². The molecular formula is C22H26FN5O3. The largest absolute Gasteiger partial charge is 0.450 e. The lowest BCUT2D eigenvalue weighted by Crippen LogP contribution is -2.50. The van der Waals surface area contributed by atoms with Crippen LogP contribution in [0, 0.1) is 31.0 Å². The summed E-state index contributed by atoms with van der Waals surface area (Å²) in [4.78, 5) is 28.2. The second-order valence-corrected chi connectivity index (χ2v) is 7.37. The molecule has 0 unspecified atom stereocenters. The number of benzene rings is 1. The van der Waals surface area contributed by atoms with Crippen molar-refractivity contribution in [2.45, 2.75) is 20.8 Å². The number of anilines is 1. The van der Waals surface area contributed by atoms with Crippen molar-refractivity contribution in [3.05, 3.63) is 46.9 Å². The van der Waals surface area contributed by atoms with Gasteiger partial charge in [-0.25, -0.2) is 9.18 Å². The van der Waals surface area contributed by atoms with Gasteiger partial charge in [0, 0.05) is 37.6 Å². The zero-order valence-electron chi connectivity index (χ0n) is 17.9. The van der Waals surface area contributed by atoms with Gasteiger partial charge in [-0.05, 0) is 50.6 Å². The van der Waals surface area contributed by atoms with Crippen molar-refractivity contribution < 1.29 is 18.7 Å². The molecule has 1 aromatic heterocycles. The number of rotatable bonds is 5. The predicted molar refractivity (Wildman–Crippen MR) is 114 cm³/mol. The number of amides is 2. The molecule has 0 atom stereocenters. The SMILES string of the molecule is CCOC(=O)N1CCN(CC(=O)Nc2c(C#N)c(C)c(C)n2-c2ccc(F)cc2)CC1. The molecule has 3 rings (SSSR count). The normalized spacial score (nSPS) is 14.2. The van der Waals surface area contributed by atoms with E-state index in [0.717, 1.165) is 11.3 Å². The summed E-state index contributed by atoms with van der Waals surface area (Å²) >= 11 is 0. The molecule has 164 valence electrons. The van der Waals surface area contributed by atoms with Gasteiger partial charge < -0.3 is 15.0 Å². The molecule has 8 nitrogen and oxygen atoms in total. The van der Waals surface area contributed by atoms with Crippen LogP contribution in [-0.4, -0.2) is 65.7 Å². The number of aromatic nitrogens is 1. The highest BCUT2D eigenvalue weighted by atomic mass is 19.1. The zero-order valence-corrected chi connectivity index (χ0v) is 17.9. The number of carbonyl (C=O) groups is 2. The maximum Gasteiger partial charge on any atom is 0.409 e. The Labute approximate surface area is 180 Å². The topological polar surface area (TPSA) is 90.6 Å². The van der Waals surface area contributed by atoms with Crippen LogP contribution in [0.4, 0.5) is 15.0 Å². The number of hydrogen-bond donors (Lipinski definition) is 1. The lowest BCUT2D eigenvalue weighted by Gasteiger charge is -2.33. The highest BCUT2D eigenvalue weighted by Crippen LogP contribution is 2.30. The number of ether oxygens (including phenoxy) is 1. The van der Waals surface area contributed by atoms with Gasteiger partial charge in [0.1, 0.15) is 17.7 Å². The number of nitriles is 1. The van der Waals surface area contributed by atoms with Crippen LogP contribution in [0.3, 0.4) is 0 Å². The van der Waals surface area contributed by atoms with Crippen LogP contribution < -0.4 is 5.32 Å². The van der Waals surface area contributed by atoms with Crippen LogP contribution in [0.1, 0.15) is 23.7 Å². The molecule has 0 aliphatic carbocycles. The minimum atomic E-state index is -0.363. The molecule has 1 aliphatic heterocycles. The monoisotopic (exact) mass is 427 g/mol. The predicted octanol–water partition coefficient (Wildman–Crippen LogP) is 2.82. The van der Waals surface area contributed by atoms with Gasteiger partial charge in [0.2, 0.25) is 5.91 Å². The first kappa shape index (κ1) is 22.3. The maximum atomic E-state index is 13.4. The molecular weight excluding hydrogens is 401 g/mol. The van der Waals surface area contributed by atoms with Crippen LogP contribution in [0.25, 0.3) is 5.69 Å². The van der Waals surface area contributed by atoms with E-state index in [1.54, 1.807) is 28.5 Å². The molecule has 0 saturated carbocycles. The summed E-state index contributed by atoms with van der Waals surface area (Å²) in [6.45, 7) is 7.97. The van der Waals surface area contributed by atoms with Gasteiger partial charge in [-0.3, -0.25) is 14.3 Å². The fourth-order valence-corrected chi connectivity index (χ4v) is 3.65. The molecule has 0 bridgehead atoms. The smallest absolute Gasteiger partial charge is 0.409 e. The van der Waals surface area contributed by atoms with Gasteiger partial charge in [-0.1, -0.05) is 0 Å². The van der Waals surface area contributed by atoms with E-state index in [0.29, 0.717) is 49.9 Å². The Hall–Kier alpha value is -3.38. The second-order valence-electron chi connectivity index (χ2n) is 7.37. The molecule has 2 aromatic rings. The third-order valence-corrected chi connectivity index (χ3v) is 5.43. The third kappa shape index (κ3) is 4.86. The van der Waals surface area contributed by atoms with E-state index in [2.05, 4.69) is 11.4 Å². The first-order valence-electron chi connectivity index (χ1n) is 10.2. The summed E-state index contributed by atoms with van der Waals surface area (Å²) in [7, 11) is 0. The zero-order chi connectivity index (χ0) is 22.5. The summed E-state index contributed by atoms with van der Waals surface area (Å²) in [6.07, 6.45) is -0.340. The number of halogens is 1. The fraction of sp³-hybridized carbons (Fsp3) is 0.409. The quantitative estimate of drug-likeness (QED) is 0.793. The number of carbonyl (C=O) groups excluding carboxylic acids is 2. The molecule has 0 spiro atoms. The molecule has 0 radical (unpaired) electrons. The second kappa shape index (κ2) is 9.62. The Bertz CT molecular complexity index is 1000. The highest BCUT2D eigenvalue weighted by Gasteiger charge is 2.25. The molecule has 1 aliphatic rings. The van der Waals surface area contributed by atoms with Gasteiger partial charge in [0.05, 0.1) is 18.7 Å². The maximum absolute atomic E-state index is 13.4. The molecule has 1 saturated heterocycles. The van der Waals surface area contributed by atoms with Gasteiger partial charge in [-0.2, -0.15) is 5.26 Å². The van der Waals surface area contributed by atoms with Crippen LogP contribution in [0.5, 0.6) is 0 Å². The molecule has 9 heteroatoms. The molecule has 1 aromatic carbocycles. The van der Waals surface area contributed by atoms with E-state index >= 15 is 0 Å². The van der Waals surface area contributed by atoms with Crippen molar-refractivity contribution in [3.63, 3.8) is 0 Å². The van der Waals surface area contributed by atoms with E-state index in [1.807, 2.05) is 18.7 Å². The molecule has 1 N–H and O–H groups in total. The lowest BCUT2D eigenvalue weighted by molar-refractivity contribution is -0.117. The average molecular weight is 427 g/mol. The van der Waals surface area contributed by atoms with Crippen LogP contribution in [-0.2, 0) is 9.53 Å². The van der Waals surface area contributed by atoms with Crippen molar-refractivity contribution in [1.82, 2.24) is 14.4 Å². The van der Waals surface area contributed by atoms with E-state index in [4.69, 9.17) is 4.74 Å². The van der Waals surface area contributed by atoms with Gasteiger partial charge >= 0.3 is 6.09 Å². The Balaban J connectivity index is 1.73. The number of nitrogens with one attached hydrogen (secondary N) is 1. The van der Waals surface area contributed by atoms with E-state index in [9.17, 15) is 19.2 Å². The van der Waals surface area contributed by atoms with E-state index in [-0.39, 0.29) is 24.4 Å². The van der Waals surface area contributed by atoms with Gasteiger partial charge in [-0.15, -0.1) is 0 Å².